The number of halogens is 1. The molecule has 2 heterocycles. The first-order chi connectivity index (χ1) is 9.99. The van der Waals surface area contributed by atoms with Crippen LogP contribution in [0.2, 0.25) is 4.34 Å². The molecule has 1 saturated heterocycles. The lowest BCUT2D eigenvalue weighted by atomic mass is 9.86. The zero-order chi connectivity index (χ0) is 15.3. The van der Waals surface area contributed by atoms with Gasteiger partial charge >= 0.3 is 5.97 Å². The third kappa shape index (κ3) is 4.98. The van der Waals surface area contributed by atoms with Crippen molar-refractivity contribution in [2.45, 2.75) is 37.6 Å². The molecule has 2 rings (SSSR count). The van der Waals surface area contributed by atoms with Gasteiger partial charge in [0.1, 0.15) is 0 Å². The Labute approximate surface area is 132 Å². The Bertz CT molecular complexity index is 511. The van der Waals surface area contributed by atoms with Crippen LogP contribution in [0.15, 0.2) is 12.1 Å². The van der Waals surface area contributed by atoms with Crippen LogP contribution in [0, 0.1) is 0 Å². The Morgan fingerprint density at radius 2 is 2.10 bits per heavy atom. The summed E-state index contributed by atoms with van der Waals surface area (Å²) in [6.07, 6.45) is 1.96. The molecule has 0 aromatic carbocycles. The van der Waals surface area contributed by atoms with Crippen molar-refractivity contribution in [3.8, 4) is 0 Å². The second-order valence-electron chi connectivity index (χ2n) is 5.22. The van der Waals surface area contributed by atoms with E-state index in [1.807, 2.05) is 12.1 Å². The summed E-state index contributed by atoms with van der Waals surface area (Å²) in [4.78, 5) is 24.2. The maximum atomic E-state index is 12.1. The molecule has 1 aromatic rings. The molecule has 0 spiro atoms. The zero-order valence-corrected chi connectivity index (χ0v) is 13.1. The molecule has 1 aliphatic heterocycles. The van der Waals surface area contributed by atoms with Gasteiger partial charge in [-0.1, -0.05) is 11.6 Å². The van der Waals surface area contributed by atoms with Gasteiger partial charge in [0, 0.05) is 24.5 Å². The van der Waals surface area contributed by atoms with E-state index in [9.17, 15) is 9.59 Å². The lowest BCUT2D eigenvalue weighted by Gasteiger charge is -2.36. The molecule has 0 unspecified atom stereocenters. The highest BCUT2D eigenvalue weighted by atomic mass is 35.5. The predicted octanol–water partition coefficient (Wildman–Crippen LogP) is 2.47. The number of carbonyl (C=O) groups excluding carboxylic acids is 1. The molecule has 1 aromatic heterocycles. The number of carboxylic acids is 1. The molecule has 0 atom stereocenters. The second kappa shape index (κ2) is 7.24. The first-order valence-corrected chi connectivity index (χ1v) is 8.03. The number of ether oxygens (including phenoxy) is 1. The highest BCUT2D eigenvalue weighted by Gasteiger charge is 2.36. The molecule has 0 aliphatic carbocycles. The molecule has 5 nitrogen and oxygen atoms in total. The number of hydrogen-bond donors (Lipinski definition) is 2. The quantitative estimate of drug-likeness (QED) is 0.839. The molecule has 21 heavy (non-hydrogen) atoms. The Morgan fingerprint density at radius 3 is 2.67 bits per heavy atom. The zero-order valence-electron chi connectivity index (χ0n) is 11.6. The lowest BCUT2D eigenvalue weighted by molar-refractivity contribution is -0.140. The summed E-state index contributed by atoms with van der Waals surface area (Å²) in [5, 5.41) is 12.0. The summed E-state index contributed by atoms with van der Waals surface area (Å²) in [5.41, 5.74) is -0.672. The van der Waals surface area contributed by atoms with E-state index < -0.39 is 11.5 Å². The minimum absolute atomic E-state index is 0.0626. The smallest absolute Gasteiger partial charge is 0.305 e. The molecule has 7 heteroatoms. The molecule has 0 saturated carbocycles. The van der Waals surface area contributed by atoms with E-state index in [4.69, 9.17) is 21.4 Å². The van der Waals surface area contributed by atoms with Crippen LogP contribution >= 0.6 is 22.9 Å². The molecular formula is C14H18ClNO4S. The molecule has 1 aliphatic rings. The standard InChI is InChI=1S/C14H18ClNO4S/c15-11-3-1-10(21-11)2-4-12(17)16-14(9-13(18)19)5-7-20-8-6-14/h1,3H,2,4-9H2,(H,16,17)(H,18,19). The minimum Gasteiger partial charge on any atom is -0.481 e. The van der Waals surface area contributed by atoms with Crippen LogP contribution in [0.3, 0.4) is 0 Å². The normalized spacial score (nSPS) is 17.4. The third-order valence-electron chi connectivity index (χ3n) is 3.57. The van der Waals surface area contributed by atoms with Gasteiger partial charge in [0.2, 0.25) is 5.91 Å². The minimum atomic E-state index is -0.901. The number of aliphatic carboxylic acids is 1. The van der Waals surface area contributed by atoms with E-state index in [-0.39, 0.29) is 12.3 Å². The van der Waals surface area contributed by atoms with E-state index in [1.165, 1.54) is 11.3 Å². The van der Waals surface area contributed by atoms with Crippen LogP contribution in [-0.2, 0) is 20.7 Å². The van der Waals surface area contributed by atoms with Crippen molar-refractivity contribution in [3.05, 3.63) is 21.3 Å². The number of aryl methyl sites for hydroxylation is 1. The van der Waals surface area contributed by atoms with E-state index in [0.29, 0.717) is 43.2 Å². The van der Waals surface area contributed by atoms with Crippen molar-refractivity contribution in [1.29, 1.82) is 0 Å². The summed E-state index contributed by atoms with van der Waals surface area (Å²) in [6, 6.07) is 3.71. The topological polar surface area (TPSA) is 75.6 Å². The van der Waals surface area contributed by atoms with Gasteiger partial charge in [0.15, 0.2) is 0 Å². The monoisotopic (exact) mass is 331 g/mol. The van der Waals surface area contributed by atoms with Crippen LogP contribution in [0.5, 0.6) is 0 Å². The van der Waals surface area contributed by atoms with Crippen LogP contribution in [0.25, 0.3) is 0 Å². The van der Waals surface area contributed by atoms with Crippen LogP contribution in [-0.4, -0.2) is 35.7 Å². The van der Waals surface area contributed by atoms with Gasteiger partial charge in [-0.3, -0.25) is 9.59 Å². The van der Waals surface area contributed by atoms with E-state index >= 15 is 0 Å². The van der Waals surface area contributed by atoms with Crippen molar-refractivity contribution < 1.29 is 19.4 Å². The van der Waals surface area contributed by atoms with E-state index in [2.05, 4.69) is 5.32 Å². The van der Waals surface area contributed by atoms with Crippen molar-refractivity contribution >= 4 is 34.8 Å². The summed E-state index contributed by atoms with van der Waals surface area (Å²) in [7, 11) is 0. The fourth-order valence-electron chi connectivity index (χ4n) is 2.48. The van der Waals surface area contributed by atoms with Gasteiger partial charge in [-0.2, -0.15) is 0 Å². The van der Waals surface area contributed by atoms with Crippen LogP contribution in [0.4, 0.5) is 0 Å². The summed E-state index contributed by atoms with van der Waals surface area (Å²) in [5.74, 6) is -1.02. The SMILES string of the molecule is O=C(O)CC1(NC(=O)CCc2ccc(Cl)s2)CCOCC1. The fraction of sp³-hybridized carbons (Fsp3) is 0.571. The number of rotatable bonds is 6. The number of hydrogen-bond acceptors (Lipinski definition) is 4. The Kier molecular flexibility index (Phi) is 5.61. The lowest BCUT2D eigenvalue weighted by Crippen LogP contribution is -2.53. The van der Waals surface area contributed by atoms with Crippen molar-refractivity contribution in [3.63, 3.8) is 0 Å². The number of carbonyl (C=O) groups is 2. The highest BCUT2D eigenvalue weighted by molar-refractivity contribution is 7.16. The third-order valence-corrected chi connectivity index (χ3v) is 4.86. The Morgan fingerprint density at radius 1 is 1.38 bits per heavy atom. The maximum absolute atomic E-state index is 12.1. The number of carboxylic acid groups (broad SMARTS) is 1. The Balaban J connectivity index is 1.89. The van der Waals surface area contributed by atoms with E-state index in [1.54, 1.807) is 0 Å². The average molecular weight is 332 g/mol. The molecule has 1 fully saturated rings. The van der Waals surface area contributed by atoms with Gasteiger partial charge in [0.05, 0.1) is 16.3 Å². The molecule has 1 amide bonds. The second-order valence-corrected chi connectivity index (χ2v) is 7.02. The molecule has 2 N–H and O–H groups in total. The number of nitrogens with one attached hydrogen (secondary N) is 1. The van der Waals surface area contributed by atoms with Crippen LogP contribution < -0.4 is 5.32 Å². The van der Waals surface area contributed by atoms with Gasteiger partial charge in [-0.15, -0.1) is 11.3 Å². The van der Waals surface area contributed by atoms with Gasteiger partial charge in [0.25, 0.3) is 0 Å². The van der Waals surface area contributed by atoms with Crippen molar-refractivity contribution in [2.24, 2.45) is 0 Å². The fourth-order valence-corrected chi connectivity index (χ4v) is 3.57. The molecule has 0 bridgehead atoms. The largest absolute Gasteiger partial charge is 0.481 e. The first kappa shape index (κ1) is 16.3. The average Bonchev–Trinajstić information content (AvgIpc) is 2.82. The van der Waals surface area contributed by atoms with Crippen LogP contribution in [0.1, 0.15) is 30.6 Å². The molecular weight excluding hydrogens is 314 g/mol. The maximum Gasteiger partial charge on any atom is 0.305 e. The summed E-state index contributed by atoms with van der Waals surface area (Å²) >= 11 is 7.31. The molecule has 0 radical (unpaired) electrons. The van der Waals surface area contributed by atoms with Gasteiger partial charge < -0.3 is 15.2 Å². The molecule has 116 valence electrons. The Hall–Kier alpha value is -1.11. The number of amides is 1. The number of thiophene rings is 1. The summed E-state index contributed by atoms with van der Waals surface area (Å²) in [6.45, 7) is 0.961. The van der Waals surface area contributed by atoms with Crippen molar-refractivity contribution in [2.75, 3.05) is 13.2 Å². The summed E-state index contributed by atoms with van der Waals surface area (Å²) < 4.78 is 5.97. The van der Waals surface area contributed by atoms with Gasteiger partial charge in [-0.25, -0.2) is 0 Å². The first-order valence-electron chi connectivity index (χ1n) is 6.84. The van der Waals surface area contributed by atoms with Gasteiger partial charge in [-0.05, 0) is 31.4 Å². The highest BCUT2D eigenvalue weighted by Crippen LogP contribution is 2.26. The predicted molar refractivity (Wildman–Crippen MR) is 80.8 cm³/mol. The van der Waals surface area contributed by atoms with Crippen molar-refractivity contribution in [1.82, 2.24) is 5.32 Å². The van der Waals surface area contributed by atoms with E-state index in [0.717, 1.165) is 4.88 Å².